The van der Waals surface area contributed by atoms with Crippen LogP contribution in [-0.4, -0.2) is 28.1 Å². The molecule has 0 amide bonds. The van der Waals surface area contributed by atoms with E-state index < -0.39 is 15.5 Å². The van der Waals surface area contributed by atoms with Crippen molar-refractivity contribution in [2.45, 2.75) is 26.2 Å². The van der Waals surface area contributed by atoms with Gasteiger partial charge in [0.2, 0.25) is 0 Å². The number of nitrogens with zero attached hydrogens (tertiary/aromatic N) is 3. The van der Waals surface area contributed by atoms with Crippen molar-refractivity contribution in [2.75, 3.05) is 12.0 Å². The molecule has 2 bridgehead atoms. The number of fused-ring (bicyclic) bond motifs is 2. The Hall–Kier alpha value is -3.04. The lowest BCUT2D eigenvalue weighted by molar-refractivity contribution is -0.393. The normalized spacial score (nSPS) is 25.3. The lowest BCUT2D eigenvalue weighted by Gasteiger charge is -2.22. The van der Waals surface area contributed by atoms with E-state index in [9.17, 15) is 25.0 Å². The molecule has 2 aliphatic rings. The van der Waals surface area contributed by atoms with Crippen molar-refractivity contribution >= 4 is 28.7 Å². The van der Waals surface area contributed by atoms with E-state index in [-0.39, 0.29) is 29.2 Å². The predicted octanol–water partition coefficient (Wildman–Crippen LogP) is 2.88. The second kappa shape index (κ2) is 7.06. The zero-order valence-corrected chi connectivity index (χ0v) is 14.1. The summed E-state index contributed by atoms with van der Waals surface area (Å²) in [5, 5.41) is 26.3. The Morgan fingerprint density at radius 1 is 1.31 bits per heavy atom. The number of hydrazone groups is 1. The highest BCUT2D eigenvalue weighted by molar-refractivity contribution is 5.91. The van der Waals surface area contributed by atoms with Crippen LogP contribution >= 0.6 is 0 Å². The van der Waals surface area contributed by atoms with Crippen LogP contribution in [0.3, 0.4) is 0 Å². The summed E-state index contributed by atoms with van der Waals surface area (Å²) < 4.78 is 5.11. The molecule has 138 valence electrons. The van der Waals surface area contributed by atoms with E-state index in [0.717, 1.165) is 31.0 Å². The number of benzene rings is 1. The SMILES string of the molecule is CC(=O)OCC1CC2C/C(=N\Nc3ccc([N+](=O)[O-])cc3[N+](=O)[O-])C1C2. The maximum Gasteiger partial charge on any atom is 0.302 e. The average Bonchev–Trinajstić information content (AvgIpc) is 3.17. The summed E-state index contributed by atoms with van der Waals surface area (Å²) in [5.41, 5.74) is 2.94. The van der Waals surface area contributed by atoms with Crippen LogP contribution in [0.2, 0.25) is 0 Å². The Bertz CT molecular complexity index is 793. The molecule has 0 aromatic heterocycles. The van der Waals surface area contributed by atoms with Gasteiger partial charge in [-0.25, -0.2) is 0 Å². The summed E-state index contributed by atoms with van der Waals surface area (Å²) in [7, 11) is 0. The molecule has 1 aromatic carbocycles. The first kappa shape index (κ1) is 17.8. The van der Waals surface area contributed by atoms with Crippen LogP contribution in [-0.2, 0) is 9.53 Å². The number of nitro groups is 2. The van der Waals surface area contributed by atoms with E-state index >= 15 is 0 Å². The summed E-state index contributed by atoms with van der Waals surface area (Å²) in [4.78, 5) is 31.6. The van der Waals surface area contributed by atoms with E-state index in [0.29, 0.717) is 12.5 Å². The first-order valence-electron chi connectivity index (χ1n) is 8.23. The molecule has 1 N–H and O–H groups in total. The number of esters is 1. The maximum absolute atomic E-state index is 11.2. The van der Waals surface area contributed by atoms with Crippen molar-refractivity contribution in [3.63, 3.8) is 0 Å². The fourth-order valence-electron chi connectivity index (χ4n) is 3.81. The average molecular weight is 362 g/mol. The number of carbonyl (C=O) groups is 1. The van der Waals surface area contributed by atoms with Crippen molar-refractivity contribution in [3.05, 3.63) is 38.4 Å². The van der Waals surface area contributed by atoms with Gasteiger partial charge >= 0.3 is 11.7 Å². The van der Waals surface area contributed by atoms with Crippen LogP contribution in [0.1, 0.15) is 26.2 Å². The van der Waals surface area contributed by atoms with Gasteiger partial charge in [-0.1, -0.05) is 0 Å². The second-order valence-electron chi connectivity index (χ2n) is 6.64. The Labute approximate surface area is 148 Å². The Balaban J connectivity index is 1.75. The highest BCUT2D eigenvalue weighted by Crippen LogP contribution is 2.47. The number of anilines is 1. The van der Waals surface area contributed by atoms with Crippen LogP contribution < -0.4 is 5.43 Å². The van der Waals surface area contributed by atoms with E-state index in [1.807, 2.05) is 0 Å². The largest absolute Gasteiger partial charge is 0.466 e. The minimum Gasteiger partial charge on any atom is -0.466 e. The lowest BCUT2D eigenvalue weighted by atomic mass is 9.88. The van der Waals surface area contributed by atoms with Gasteiger partial charge in [0.1, 0.15) is 5.69 Å². The molecule has 0 radical (unpaired) electrons. The van der Waals surface area contributed by atoms with Crippen LogP contribution in [0.25, 0.3) is 0 Å². The molecule has 0 aliphatic heterocycles. The molecular formula is C16H18N4O6. The zero-order chi connectivity index (χ0) is 18.8. The molecule has 0 spiro atoms. The number of ether oxygens (including phenoxy) is 1. The molecule has 2 saturated carbocycles. The van der Waals surface area contributed by atoms with Gasteiger partial charge in [0, 0.05) is 30.5 Å². The summed E-state index contributed by atoms with van der Waals surface area (Å²) in [6, 6.07) is 3.39. The molecule has 10 nitrogen and oxygen atoms in total. The highest BCUT2D eigenvalue weighted by Gasteiger charge is 2.44. The summed E-state index contributed by atoms with van der Waals surface area (Å²) >= 11 is 0. The topological polar surface area (TPSA) is 137 Å². The number of nitrogens with one attached hydrogen (secondary N) is 1. The van der Waals surface area contributed by atoms with Gasteiger partial charge < -0.3 is 4.74 Å². The van der Waals surface area contributed by atoms with Crippen molar-refractivity contribution in [1.82, 2.24) is 0 Å². The molecule has 26 heavy (non-hydrogen) atoms. The predicted molar refractivity (Wildman–Crippen MR) is 91.8 cm³/mol. The van der Waals surface area contributed by atoms with Crippen molar-refractivity contribution in [3.8, 4) is 0 Å². The van der Waals surface area contributed by atoms with Crippen molar-refractivity contribution in [1.29, 1.82) is 0 Å². The molecule has 0 saturated heterocycles. The van der Waals surface area contributed by atoms with Gasteiger partial charge in [-0.05, 0) is 31.2 Å². The molecule has 3 rings (SSSR count). The summed E-state index contributed by atoms with van der Waals surface area (Å²) in [6.07, 6.45) is 2.75. The van der Waals surface area contributed by atoms with Crippen molar-refractivity contribution in [2.24, 2.45) is 22.9 Å². The minimum absolute atomic E-state index is 0.104. The third-order valence-electron chi connectivity index (χ3n) is 4.93. The fraction of sp³-hybridized carbons (Fsp3) is 0.500. The molecule has 3 atom stereocenters. The number of carbonyl (C=O) groups excluding carboxylic acids is 1. The van der Waals surface area contributed by atoms with Gasteiger partial charge in [0.15, 0.2) is 0 Å². The van der Waals surface area contributed by atoms with Gasteiger partial charge in [-0.3, -0.25) is 30.4 Å². The standard InChI is InChI=1S/C16H18N4O6/c1-9(21)26-8-11-4-10-5-13(11)15(6-10)18-17-14-3-2-12(19(22)23)7-16(14)20(24)25/h2-3,7,10-11,13,17H,4-6,8H2,1H3/b18-15+. The minimum atomic E-state index is -0.682. The first-order chi connectivity index (χ1) is 12.3. The van der Waals surface area contributed by atoms with Gasteiger partial charge in [-0.15, -0.1) is 0 Å². The second-order valence-corrected chi connectivity index (χ2v) is 6.64. The molecule has 1 aromatic rings. The van der Waals surface area contributed by atoms with E-state index in [1.54, 1.807) is 0 Å². The molecule has 3 unspecified atom stereocenters. The number of hydrogen-bond donors (Lipinski definition) is 1. The molecule has 2 aliphatic carbocycles. The van der Waals surface area contributed by atoms with E-state index in [2.05, 4.69) is 10.5 Å². The smallest absolute Gasteiger partial charge is 0.302 e. The monoisotopic (exact) mass is 362 g/mol. The number of hydrogen-bond acceptors (Lipinski definition) is 8. The lowest BCUT2D eigenvalue weighted by Crippen LogP contribution is -2.25. The highest BCUT2D eigenvalue weighted by atomic mass is 16.6. The van der Waals surface area contributed by atoms with E-state index in [1.165, 1.54) is 19.1 Å². The molecular weight excluding hydrogens is 344 g/mol. The molecule has 10 heteroatoms. The molecule has 2 fully saturated rings. The fourth-order valence-corrected chi connectivity index (χ4v) is 3.81. The number of nitro benzene ring substituents is 2. The van der Waals surface area contributed by atoms with Crippen LogP contribution in [0.15, 0.2) is 23.3 Å². The third-order valence-corrected chi connectivity index (χ3v) is 4.93. The van der Waals surface area contributed by atoms with Crippen molar-refractivity contribution < 1.29 is 19.4 Å². The number of rotatable bonds is 6. The summed E-state index contributed by atoms with van der Waals surface area (Å²) in [6.45, 7) is 1.73. The third kappa shape index (κ3) is 3.63. The summed E-state index contributed by atoms with van der Waals surface area (Å²) in [5.74, 6) is 0.563. The zero-order valence-electron chi connectivity index (χ0n) is 14.1. The van der Waals surface area contributed by atoms with Crippen LogP contribution in [0, 0.1) is 38.0 Å². The van der Waals surface area contributed by atoms with Gasteiger partial charge in [0.25, 0.3) is 5.69 Å². The van der Waals surface area contributed by atoms with Crippen LogP contribution in [0.5, 0.6) is 0 Å². The maximum atomic E-state index is 11.2. The first-order valence-corrected chi connectivity index (χ1v) is 8.23. The Kier molecular flexibility index (Phi) is 4.83. The number of non-ortho nitro benzene ring substituents is 1. The molecule has 0 heterocycles. The Morgan fingerprint density at radius 2 is 2.08 bits per heavy atom. The van der Waals surface area contributed by atoms with Gasteiger partial charge in [-0.2, -0.15) is 5.10 Å². The van der Waals surface area contributed by atoms with Gasteiger partial charge in [0.05, 0.1) is 22.5 Å². The quantitative estimate of drug-likeness (QED) is 0.466. The van der Waals surface area contributed by atoms with E-state index in [4.69, 9.17) is 4.74 Å². The van der Waals surface area contributed by atoms with Crippen LogP contribution in [0.4, 0.5) is 17.1 Å². The Morgan fingerprint density at radius 3 is 2.69 bits per heavy atom.